The van der Waals surface area contributed by atoms with E-state index in [1.807, 2.05) is 0 Å². The van der Waals surface area contributed by atoms with Gasteiger partial charge in [0.1, 0.15) is 30.9 Å². The molecule has 1 aliphatic heterocycles. The molecule has 0 bridgehead atoms. The summed E-state index contributed by atoms with van der Waals surface area (Å²) in [6.07, 6.45) is 1.000. The molecule has 26 heavy (non-hydrogen) atoms. The van der Waals surface area contributed by atoms with E-state index in [9.17, 15) is 4.57 Å². The van der Waals surface area contributed by atoms with Gasteiger partial charge in [0.2, 0.25) is 0 Å². The number of imidazole rings is 1. The summed E-state index contributed by atoms with van der Waals surface area (Å²) in [4.78, 5) is 32.5. The van der Waals surface area contributed by atoms with Gasteiger partial charge >= 0.3 is 7.82 Å². The molecule has 3 heterocycles. The molecule has 4 N–H and O–H groups in total. The van der Waals surface area contributed by atoms with Crippen LogP contribution >= 0.6 is 7.82 Å². The molecular weight excluding hydrogens is 371 g/mol. The summed E-state index contributed by atoms with van der Waals surface area (Å²) in [5.74, 6) is 0.212. The third-order valence-electron chi connectivity index (χ3n) is 3.69. The lowest BCUT2D eigenvalue weighted by Gasteiger charge is -2.18. The van der Waals surface area contributed by atoms with Crippen LogP contribution in [0.2, 0.25) is 0 Å². The maximum Gasteiger partial charge on any atom is 0.469 e. The Bertz CT molecular complexity index is 879. The van der Waals surface area contributed by atoms with Crippen molar-refractivity contribution in [3.8, 4) is 0 Å². The summed E-state index contributed by atoms with van der Waals surface area (Å²) in [6.45, 7) is -0.672. The number of fused-ring (bicyclic) bond motifs is 1. The summed E-state index contributed by atoms with van der Waals surface area (Å²) in [7, 11) is -4.68. The van der Waals surface area contributed by atoms with E-state index < -0.39 is 32.9 Å². The topological polar surface area (TPSA) is 204 Å². The van der Waals surface area contributed by atoms with E-state index >= 15 is 0 Å². The van der Waals surface area contributed by atoms with Gasteiger partial charge in [-0.15, -0.1) is 0 Å². The fourth-order valence-corrected chi connectivity index (χ4v) is 2.94. The van der Waals surface area contributed by atoms with Crippen LogP contribution in [0.4, 0.5) is 5.82 Å². The summed E-state index contributed by atoms with van der Waals surface area (Å²) in [6, 6.07) is 0. The molecule has 0 amide bonds. The molecule has 140 valence electrons. The molecule has 0 unspecified atom stereocenters. The van der Waals surface area contributed by atoms with Crippen molar-refractivity contribution in [2.45, 2.75) is 24.9 Å². The minimum atomic E-state index is -4.68. The largest absolute Gasteiger partial charge is 0.469 e. The normalized spacial score (nSPS) is 23.2. The van der Waals surface area contributed by atoms with Gasteiger partial charge in [-0.05, 0) is 5.53 Å². The highest BCUT2D eigenvalue weighted by Gasteiger charge is 2.39. The number of phosphoric ester groups is 1. The van der Waals surface area contributed by atoms with E-state index in [2.05, 4.69) is 29.5 Å². The standard InChI is InChI=1S/C11H15N8O6P/c12-10-9-11(15-3-14-10)19(4-16-9)8-1-6(23-5-17-18-13)7(25-8)2-24-26(20,21)22/h3-4,6-8H,1-2,5H2,(H2,12,14,15)(H2,20,21,22)/t6-,7+,8+/m0/s1. The van der Waals surface area contributed by atoms with Crippen molar-refractivity contribution < 1.29 is 28.3 Å². The van der Waals surface area contributed by atoms with Gasteiger partial charge in [-0.25, -0.2) is 19.5 Å². The van der Waals surface area contributed by atoms with Crippen molar-refractivity contribution >= 4 is 24.8 Å². The van der Waals surface area contributed by atoms with Crippen LogP contribution < -0.4 is 5.73 Å². The van der Waals surface area contributed by atoms with Gasteiger partial charge in [-0.2, -0.15) is 0 Å². The van der Waals surface area contributed by atoms with Crippen LogP contribution in [0.15, 0.2) is 17.8 Å². The summed E-state index contributed by atoms with van der Waals surface area (Å²) < 4.78 is 28.3. The maximum absolute atomic E-state index is 10.9. The van der Waals surface area contributed by atoms with Crippen LogP contribution in [0.25, 0.3) is 21.6 Å². The lowest BCUT2D eigenvalue weighted by Crippen LogP contribution is -2.28. The number of hydrogen-bond acceptors (Lipinski definition) is 9. The zero-order valence-corrected chi connectivity index (χ0v) is 14.1. The third-order valence-corrected chi connectivity index (χ3v) is 4.18. The zero-order chi connectivity index (χ0) is 18.7. The second-order valence-corrected chi connectivity index (χ2v) is 6.54. The van der Waals surface area contributed by atoms with Crippen LogP contribution in [0, 0.1) is 0 Å². The average molecular weight is 386 g/mol. The molecular formula is C11H15N8O6P. The number of rotatable bonds is 7. The quantitative estimate of drug-likeness (QED) is 0.259. The van der Waals surface area contributed by atoms with E-state index in [4.69, 9.17) is 30.5 Å². The fourth-order valence-electron chi connectivity index (χ4n) is 2.60. The first-order valence-electron chi connectivity index (χ1n) is 7.30. The number of ether oxygens (including phenoxy) is 2. The smallest absolute Gasteiger partial charge is 0.382 e. The van der Waals surface area contributed by atoms with Gasteiger partial charge in [0.25, 0.3) is 0 Å². The number of phosphoric acid groups is 1. The van der Waals surface area contributed by atoms with Gasteiger partial charge in [0, 0.05) is 11.3 Å². The molecule has 15 heteroatoms. The Morgan fingerprint density at radius 2 is 2.31 bits per heavy atom. The van der Waals surface area contributed by atoms with E-state index in [-0.39, 0.29) is 19.0 Å². The number of hydrogen-bond donors (Lipinski definition) is 3. The molecule has 1 fully saturated rings. The van der Waals surface area contributed by atoms with Crippen molar-refractivity contribution in [2.75, 3.05) is 19.1 Å². The molecule has 0 aromatic carbocycles. The molecule has 1 saturated heterocycles. The summed E-state index contributed by atoms with van der Waals surface area (Å²) in [5, 5.41) is 3.28. The third kappa shape index (κ3) is 4.08. The molecule has 0 spiro atoms. The number of nitrogens with two attached hydrogens (primary N) is 1. The highest BCUT2D eigenvalue weighted by molar-refractivity contribution is 7.46. The number of nitrogen functional groups attached to an aromatic ring is 1. The fraction of sp³-hybridized carbons (Fsp3) is 0.545. The Hall–Kier alpha value is -2.31. The second kappa shape index (κ2) is 7.51. The molecule has 3 atom stereocenters. The summed E-state index contributed by atoms with van der Waals surface area (Å²) in [5.41, 5.74) is 14.9. The number of azide groups is 1. The van der Waals surface area contributed by atoms with E-state index in [0.29, 0.717) is 11.2 Å². The number of anilines is 1. The van der Waals surface area contributed by atoms with Crippen molar-refractivity contribution in [3.05, 3.63) is 23.1 Å². The van der Waals surface area contributed by atoms with E-state index in [1.165, 1.54) is 12.7 Å². The first kappa shape index (κ1) is 18.5. The molecule has 2 aromatic heterocycles. The van der Waals surface area contributed by atoms with Gasteiger partial charge in [-0.3, -0.25) is 9.09 Å². The molecule has 0 saturated carbocycles. The van der Waals surface area contributed by atoms with Gasteiger partial charge in [-0.1, -0.05) is 5.11 Å². The lowest BCUT2D eigenvalue weighted by molar-refractivity contribution is -0.0584. The molecule has 0 aliphatic carbocycles. The van der Waals surface area contributed by atoms with E-state index in [0.717, 1.165) is 0 Å². The Labute approximate surface area is 145 Å². The van der Waals surface area contributed by atoms with Crippen molar-refractivity contribution in [3.63, 3.8) is 0 Å². The first-order valence-corrected chi connectivity index (χ1v) is 8.83. The van der Waals surface area contributed by atoms with Crippen molar-refractivity contribution in [2.24, 2.45) is 5.11 Å². The Balaban J connectivity index is 1.80. The first-order chi connectivity index (χ1) is 12.4. The van der Waals surface area contributed by atoms with Gasteiger partial charge in [0.05, 0.1) is 19.0 Å². The predicted octanol–water partition coefficient (Wildman–Crippen LogP) is 0.458. The molecule has 2 aromatic rings. The van der Waals surface area contributed by atoms with Crippen LogP contribution in [0.5, 0.6) is 0 Å². The zero-order valence-electron chi connectivity index (χ0n) is 13.2. The van der Waals surface area contributed by atoms with Crippen LogP contribution in [0.1, 0.15) is 12.6 Å². The number of nitrogens with zero attached hydrogens (tertiary/aromatic N) is 7. The Morgan fingerprint density at radius 1 is 1.50 bits per heavy atom. The monoisotopic (exact) mass is 386 g/mol. The molecule has 3 rings (SSSR count). The highest BCUT2D eigenvalue weighted by atomic mass is 31.2. The van der Waals surface area contributed by atoms with Crippen molar-refractivity contribution in [1.82, 2.24) is 19.5 Å². The highest BCUT2D eigenvalue weighted by Crippen LogP contribution is 2.39. The Morgan fingerprint density at radius 3 is 3.04 bits per heavy atom. The minimum absolute atomic E-state index is 0.212. The van der Waals surface area contributed by atoms with Gasteiger partial charge < -0.3 is 25.0 Å². The van der Waals surface area contributed by atoms with Crippen LogP contribution in [0.3, 0.4) is 0 Å². The summed E-state index contributed by atoms with van der Waals surface area (Å²) >= 11 is 0. The lowest BCUT2D eigenvalue weighted by atomic mass is 10.2. The van der Waals surface area contributed by atoms with E-state index in [1.54, 1.807) is 4.57 Å². The maximum atomic E-state index is 10.9. The predicted molar refractivity (Wildman–Crippen MR) is 85.1 cm³/mol. The molecule has 14 nitrogen and oxygen atoms in total. The van der Waals surface area contributed by atoms with Gasteiger partial charge in [0.15, 0.2) is 11.5 Å². The average Bonchev–Trinajstić information content (AvgIpc) is 3.17. The second-order valence-electron chi connectivity index (χ2n) is 5.30. The van der Waals surface area contributed by atoms with Crippen LogP contribution in [-0.4, -0.2) is 54.9 Å². The molecule has 1 aliphatic rings. The minimum Gasteiger partial charge on any atom is -0.382 e. The SMILES string of the molecule is [N-]=[N+]=NCO[C@H]1C[C@H](n2cnc3c(N)ncnc32)O[C@@H]1COP(=O)(O)O. The van der Waals surface area contributed by atoms with Crippen LogP contribution in [-0.2, 0) is 18.6 Å². The Kier molecular flexibility index (Phi) is 5.34. The molecule has 0 radical (unpaired) electrons. The number of aromatic nitrogens is 4. The van der Waals surface area contributed by atoms with Crippen molar-refractivity contribution in [1.29, 1.82) is 0 Å².